The smallest absolute Gasteiger partial charge is 0.246 e. The Labute approximate surface area is 171 Å². The van der Waals surface area contributed by atoms with Gasteiger partial charge < -0.3 is 19.6 Å². The van der Waals surface area contributed by atoms with Crippen LogP contribution in [0.25, 0.3) is 10.9 Å². The number of hydrogen-bond acceptors (Lipinski definition) is 4. The van der Waals surface area contributed by atoms with Gasteiger partial charge in [-0.25, -0.2) is 0 Å². The number of aromatic nitrogens is 1. The zero-order valence-electron chi connectivity index (χ0n) is 16.9. The van der Waals surface area contributed by atoms with Crippen molar-refractivity contribution in [3.05, 3.63) is 42.1 Å². The van der Waals surface area contributed by atoms with Gasteiger partial charge >= 0.3 is 0 Å². The van der Waals surface area contributed by atoms with Gasteiger partial charge in [0, 0.05) is 42.8 Å². The third-order valence-electron chi connectivity index (χ3n) is 5.19. The lowest BCUT2D eigenvalue weighted by molar-refractivity contribution is -0.133. The van der Waals surface area contributed by atoms with Crippen LogP contribution in [0.2, 0.25) is 0 Å². The molecule has 2 aliphatic heterocycles. The number of carbonyl (C=O) groups excluding carboxylic acids is 3. The molecule has 0 bridgehead atoms. The summed E-state index contributed by atoms with van der Waals surface area (Å²) in [6, 6.07) is 5.87. The molecule has 0 atom stereocenters. The Hall–Kier alpha value is -2.87. The van der Waals surface area contributed by atoms with Gasteiger partial charge in [-0.05, 0) is 31.7 Å². The van der Waals surface area contributed by atoms with E-state index in [2.05, 4.69) is 28.4 Å². The largest absolute Gasteiger partial charge is 0.348 e. The van der Waals surface area contributed by atoms with Gasteiger partial charge in [0.05, 0.1) is 6.04 Å². The number of aldehydes is 1. The van der Waals surface area contributed by atoms with Crippen molar-refractivity contribution in [1.29, 1.82) is 0 Å². The lowest BCUT2D eigenvalue weighted by atomic mass is 9.94. The molecule has 1 aromatic heterocycles. The quantitative estimate of drug-likeness (QED) is 0.455. The fourth-order valence-corrected chi connectivity index (χ4v) is 3.91. The third-order valence-corrected chi connectivity index (χ3v) is 5.19. The maximum Gasteiger partial charge on any atom is 0.246 e. The highest BCUT2D eigenvalue weighted by atomic mass is 16.2. The van der Waals surface area contributed by atoms with E-state index in [9.17, 15) is 9.59 Å². The molecule has 0 saturated carbocycles. The predicted octanol–water partition coefficient (Wildman–Crippen LogP) is 0.0987. The minimum atomic E-state index is -0.0923. The van der Waals surface area contributed by atoms with Crippen molar-refractivity contribution >= 4 is 42.3 Å². The molecule has 0 unspecified atom stereocenters. The number of carbonyl (C=O) groups is 3. The molecular weight excluding hydrogens is 367 g/mol. The molecule has 1 N–H and O–H groups in total. The van der Waals surface area contributed by atoms with E-state index in [0.717, 1.165) is 35.7 Å². The molecule has 2 aliphatic rings. The third kappa shape index (κ3) is 4.27. The summed E-state index contributed by atoms with van der Waals surface area (Å²) in [6.07, 6.45) is 2.05. The number of amides is 2. The van der Waals surface area contributed by atoms with E-state index in [1.807, 2.05) is 18.2 Å². The maximum atomic E-state index is 12.6. The Bertz CT molecular complexity index is 962. The Morgan fingerprint density at radius 3 is 2.66 bits per heavy atom. The molecule has 7 nitrogen and oxygen atoms in total. The van der Waals surface area contributed by atoms with Crippen molar-refractivity contribution in [3.63, 3.8) is 0 Å². The topological polar surface area (TPSA) is 74.6 Å². The highest BCUT2D eigenvalue weighted by Gasteiger charge is 2.31. The Balaban J connectivity index is 0.000000755. The summed E-state index contributed by atoms with van der Waals surface area (Å²) in [5.74, 6) is -0.128. The van der Waals surface area contributed by atoms with Gasteiger partial charge in [-0.3, -0.25) is 14.5 Å². The summed E-state index contributed by atoms with van der Waals surface area (Å²) in [5, 5.41) is 4.14. The first kappa shape index (κ1) is 20.9. The average molecular weight is 392 g/mol. The molecular formula is C21H25BN4O3. The minimum absolute atomic E-state index is 0.0135. The molecule has 3 heterocycles. The summed E-state index contributed by atoms with van der Waals surface area (Å²) in [5.41, 5.74) is 4.22. The van der Waals surface area contributed by atoms with Crippen LogP contribution >= 0.6 is 0 Å². The molecule has 2 aromatic rings. The van der Waals surface area contributed by atoms with Crippen molar-refractivity contribution < 1.29 is 14.4 Å². The van der Waals surface area contributed by atoms with E-state index in [1.54, 1.807) is 4.90 Å². The number of nitrogens with zero attached hydrogens (tertiary/aromatic N) is 3. The van der Waals surface area contributed by atoms with Gasteiger partial charge in [-0.1, -0.05) is 24.2 Å². The second-order valence-electron chi connectivity index (χ2n) is 7.41. The maximum absolute atomic E-state index is 12.6. The normalized spacial score (nSPS) is 15.9. The van der Waals surface area contributed by atoms with Crippen molar-refractivity contribution in [2.24, 2.45) is 0 Å². The number of benzene rings is 1. The first-order valence-electron chi connectivity index (χ1n) is 9.56. The molecule has 0 aliphatic carbocycles. The van der Waals surface area contributed by atoms with Crippen LogP contribution in [0, 0.1) is 0 Å². The van der Waals surface area contributed by atoms with Gasteiger partial charge in [-0.2, -0.15) is 0 Å². The predicted molar refractivity (Wildman–Crippen MR) is 113 cm³/mol. The molecule has 8 heteroatoms. The van der Waals surface area contributed by atoms with Crippen LogP contribution < -0.4 is 10.8 Å². The van der Waals surface area contributed by atoms with Gasteiger partial charge in [-0.15, -0.1) is 0 Å². The van der Waals surface area contributed by atoms with Gasteiger partial charge in [0.25, 0.3) is 0 Å². The molecule has 4 rings (SSSR count). The summed E-state index contributed by atoms with van der Waals surface area (Å²) in [6.45, 7) is 7.97. The first-order chi connectivity index (χ1) is 13.9. The first-order valence-corrected chi connectivity index (χ1v) is 9.56. The molecule has 2 amide bonds. The molecule has 1 aromatic carbocycles. The summed E-state index contributed by atoms with van der Waals surface area (Å²) < 4.78 is 2.09. The average Bonchev–Trinajstić information content (AvgIpc) is 3.14. The van der Waals surface area contributed by atoms with Crippen LogP contribution in [0.4, 0.5) is 0 Å². The molecule has 2 radical (unpaired) electrons. The lowest BCUT2D eigenvalue weighted by Crippen LogP contribution is -2.61. The van der Waals surface area contributed by atoms with E-state index >= 15 is 0 Å². The molecule has 0 spiro atoms. The van der Waals surface area contributed by atoms with Gasteiger partial charge in [0.15, 0.2) is 0 Å². The standard InChI is InChI=1S/C19H21BN4O2.C2H4O/c1-3-19(26)23-7-13(8-23)21-18(25)11-24-16-5-4-12(20)6-14(16)15-9-22(2)10-17(15)24;1-2-3/h3-6,13H,1,7-11H2,2H3,(H,21,25);2H,1H3. The zero-order chi connectivity index (χ0) is 21.1. The van der Waals surface area contributed by atoms with Crippen molar-refractivity contribution in [3.8, 4) is 0 Å². The fourth-order valence-electron chi connectivity index (χ4n) is 3.91. The monoisotopic (exact) mass is 392 g/mol. The van der Waals surface area contributed by atoms with Crippen LogP contribution in [-0.2, 0) is 34.0 Å². The van der Waals surface area contributed by atoms with Gasteiger partial charge in [0.2, 0.25) is 11.8 Å². The van der Waals surface area contributed by atoms with E-state index in [4.69, 9.17) is 12.6 Å². The summed E-state index contributed by atoms with van der Waals surface area (Å²) >= 11 is 0. The number of fused-ring (bicyclic) bond motifs is 3. The zero-order valence-corrected chi connectivity index (χ0v) is 16.9. The molecule has 1 fully saturated rings. The van der Waals surface area contributed by atoms with Crippen LogP contribution in [0.3, 0.4) is 0 Å². The Morgan fingerprint density at radius 1 is 1.31 bits per heavy atom. The lowest BCUT2D eigenvalue weighted by Gasteiger charge is -2.38. The number of rotatable bonds is 4. The Kier molecular flexibility index (Phi) is 6.22. The van der Waals surface area contributed by atoms with Crippen LogP contribution in [0.1, 0.15) is 18.2 Å². The van der Waals surface area contributed by atoms with E-state index < -0.39 is 0 Å². The summed E-state index contributed by atoms with van der Waals surface area (Å²) in [4.78, 5) is 36.7. The fraction of sp³-hybridized carbons (Fsp3) is 0.381. The number of likely N-dealkylation sites (tertiary alicyclic amines) is 1. The highest BCUT2D eigenvalue weighted by molar-refractivity contribution is 6.33. The van der Waals surface area contributed by atoms with E-state index in [1.165, 1.54) is 24.3 Å². The van der Waals surface area contributed by atoms with Crippen molar-refractivity contribution in [2.45, 2.75) is 32.6 Å². The number of hydrogen-bond donors (Lipinski definition) is 1. The van der Waals surface area contributed by atoms with Crippen LogP contribution in [0.15, 0.2) is 30.9 Å². The van der Waals surface area contributed by atoms with Crippen LogP contribution in [0.5, 0.6) is 0 Å². The number of nitrogens with one attached hydrogen (secondary N) is 1. The van der Waals surface area contributed by atoms with Gasteiger partial charge in [0.1, 0.15) is 20.7 Å². The summed E-state index contributed by atoms with van der Waals surface area (Å²) in [7, 11) is 8.03. The second-order valence-corrected chi connectivity index (χ2v) is 7.41. The molecule has 150 valence electrons. The second kappa shape index (κ2) is 8.65. The van der Waals surface area contributed by atoms with Crippen LogP contribution in [-0.4, -0.2) is 66.5 Å². The molecule has 29 heavy (non-hydrogen) atoms. The van der Waals surface area contributed by atoms with Crippen molar-refractivity contribution in [2.75, 3.05) is 20.1 Å². The SMILES string of the molecule is CC=O.[B]c1ccc2c(c1)c1c(n2CC(=O)NC2CN(C(=O)C=C)C2)CN(C)C1. The van der Waals surface area contributed by atoms with E-state index in [-0.39, 0.29) is 24.4 Å². The molecule has 1 saturated heterocycles. The minimum Gasteiger partial charge on any atom is -0.348 e. The highest BCUT2D eigenvalue weighted by Crippen LogP contribution is 2.32. The van der Waals surface area contributed by atoms with E-state index in [0.29, 0.717) is 13.1 Å². The van der Waals surface area contributed by atoms with Crippen molar-refractivity contribution in [1.82, 2.24) is 19.7 Å². The Morgan fingerprint density at radius 2 is 2.00 bits per heavy atom.